The zero-order chi connectivity index (χ0) is 43.6. The summed E-state index contributed by atoms with van der Waals surface area (Å²) < 4.78 is 0. The van der Waals surface area contributed by atoms with Crippen LogP contribution in [-0.2, 0) is 22.7 Å². The Hall–Kier alpha value is -8.12. The molecule has 10 rings (SSSR count). The van der Waals surface area contributed by atoms with Crippen LogP contribution in [0.1, 0.15) is 67.9 Å². The van der Waals surface area contributed by atoms with Crippen LogP contribution in [0.25, 0.3) is 32.8 Å². The Morgan fingerprint density at radius 1 is 0.500 bits per heavy atom. The molecule has 12 nitrogen and oxygen atoms in total. The van der Waals surface area contributed by atoms with Gasteiger partial charge in [0.05, 0.1) is 30.2 Å². The molecule has 0 bridgehead atoms. The van der Waals surface area contributed by atoms with Gasteiger partial charge < -0.3 is 21.3 Å². The monoisotopic (exact) mass is 842 g/mol. The van der Waals surface area contributed by atoms with Crippen molar-refractivity contribution >= 4 is 56.5 Å². The van der Waals surface area contributed by atoms with E-state index >= 15 is 0 Å². The van der Waals surface area contributed by atoms with Crippen molar-refractivity contribution in [2.75, 3.05) is 10.6 Å². The van der Waals surface area contributed by atoms with Crippen molar-refractivity contribution in [3.63, 3.8) is 0 Å². The Balaban J connectivity index is 0.694. The molecule has 2 fully saturated rings. The van der Waals surface area contributed by atoms with E-state index in [4.69, 9.17) is 0 Å². The number of benzene rings is 4. The molecule has 0 aliphatic heterocycles. The third kappa shape index (κ3) is 8.93. The summed E-state index contributed by atoms with van der Waals surface area (Å²) in [4.78, 5) is 69.6. The zero-order valence-corrected chi connectivity index (χ0v) is 34.6. The van der Waals surface area contributed by atoms with E-state index in [1.165, 1.54) is 0 Å². The Labute approximate surface area is 368 Å². The summed E-state index contributed by atoms with van der Waals surface area (Å²) in [6.45, 7) is 0.605. The van der Waals surface area contributed by atoms with Crippen molar-refractivity contribution in [1.82, 2.24) is 30.6 Å². The van der Waals surface area contributed by atoms with Gasteiger partial charge in [-0.2, -0.15) is 0 Å². The van der Waals surface area contributed by atoms with Gasteiger partial charge in [-0.3, -0.25) is 39.1 Å². The van der Waals surface area contributed by atoms with Gasteiger partial charge in [0, 0.05) is 81.7 Å². The van der Waals surface area contributed by atoms with Crippen LogP contribution in [0.3, 0.4) is 0 Å². The second kappa shape index (κ2) is 17.3. The van der Waals surface area contributed by atoms with Crippen molar-refractivity contribution in [2.45, 2.75) is 37.8 Å². The van der Waals surface area contributed by atoms with Crippen LogP contribution < -0.4 is 21.3 Å². The molecule has 64 heavy (non-hydrogen) atoms. The third-order valence-corrected chi connectivity index (χ3v) is 12.1. The Morgan fingerprint density at radius 3 is 1.67 bits per heavy atom. The van der Waals surface area contributed by atoms with Gasteiger partial charge in [0.25, 0.3) is 11.8 Å². The molecule has 4 aromatic carbocycles. The highest BCUT2D eigenvalue weighted by molar-refractivity contribution is 5.99. The quantitative estimate of drug-likeness (QED) is 0.0896. The molecule has 314 valence electrons. The Bertz CT molecular complexity index is 3050. The SMILES string of the molecule is O=C(NCc1ccccn1)c1ccc(C2C[C@H]2C(=O)Nc2ccc3cnc(-c4ccc(CNC(=O)c5ccc([C@@H]6C[C@H]6C(=O)Nc6ccc7cnccc7c6)cc5)nc4)cc3c2)cc1. The lowest BCUT2D eigenvalue weighted by atomic mass is 10.1. The highest BCUT2D eigenvalue weighted by Gasteiger charge is 2.45. The second-order valence-corrected chi connectivity index (χ2v) is 16.4. The molecule has 12 heteroatoms. The first-order valence-corrected chi connectivity index (χ1v) is 21.3. The molecule has 4 heterocycles. The largest absolute Gasteiger partial charge is 0.346 e. The summed E-state index contributed by atoms with van der Waals surface area (Å²) in [5, 5.41) is 15.9. The molecule has 4 N–H and O–H groups in total. The maximum Gasteiger partial charge on any atom is 0.251 e. The van der Waals surface area contributed by atoms with Gasteiger partial charge in [0.2, 0.25) is 11.8 Å². The molecule has 0 saturated heterocycles. The van der Waals surface area contributed by atoms with Gasteiger partial charge in [0.15, 0.2) is 0 Å². The predicted molar refractivity (Wildman–Crippen MR) is 245 cm³/mol. The van der Waals surface area contributed by atoms with E-state index in [0.717, 1.165) is 68.2 Å². The van der Waals surface area contributed by atoms with Crippen LogP contribution in [0.4, 0.5) is 11.4 Å². The van der Waals surface area contributed by atoms with Crippen molar-refractivity contribution in [3.8, 4) is 11.3 Å². The third-order valence-electron chi connectivity index (χ3n) is 12.1. The van der Waals surface area contributed by atoms with Crippen LogP contribution in [0.2, 0.25) is 0 Å². The van der Waals surface area contributed by atoms with E-state index in [-0.39, 0.29) is 53.8 Å². The summed E-state index contributed by atoms with van der Waals surface area (Å²) in [7, 11) is 0. The van der Waals surface area contributed by atoms with Gasteiger partial charge in [0.1, 0.15) is 0 Å². The van der Waals surface area contributed by atoms with Crippen molar-refractivity contribution in [3.05, 3.63) is 192 Å². The molecule has 4 atom stereocenters. The smallest absolute Gasteiger partial charge is 0.251 e. The molecular formula is C52H42N8O4. The normalized spacial score (nSPS) is 17.3. The predicted octanol–water partition coefficient (Wildman–Crippen LogP) is 8.58. The number of hydrogen-bond donors (Lipinski definition) is 4. The lowest BCUT2D eigenvalue weighted by Gasteiger charge is -2.09. The number of hydrogen-bond acceptors (Lipinski definition) is 8. The van der Waals surface area contributed by atoms with Crippen molar-refractivity contribution in [1.29, 1.82) is 0 Å². The van der Waals surface area contributed by atoms with Crippen LogP contribution in [-0.4, -0.2) is 43.6 Å². The molecule has 2 aliphatic carbocycles. The first-order chi connectivity index (χ1) is 31.3. The van der Waals surface area contributed by atoms with Gasteiger partial charge >= 0.3 is 0 Å². The summed E-state index contributed by atoms with van der Waals surface area (Å²) in [6.07, 6.45) is 10.3. The van der Waals surface area contributed by atoms with Gasteiger partial charge in [-0.15, -0.1) is 0 Å². The molecule has 0 spiro atoms. The van der Waals surface area contributed by atoms with Gasteiger partial charge in [-0.05, 0) is 132 Å². The number of carbonyl (C=O) groups excluding carboxylic acids is 4. The van der Waals surface area contributed by atoms with E-state index < -0.39 is 0 Å². The average Bonchev–Trinajstić information content (AvgIpc) is 4.29. The summed E-state index contributed by atoms with van der Waals surface area (Å²) in [5.41, 5.74) is 7.67. The van der Waals surface area contributed by atoms with E-state index in [1.54, 1.807) is 55.2 Å². The fourth-order valence-electron chi connectivity index (χ4n) is 8.21. The lowest BCUT2D eigenvalue weighted by Crippen LogP contribution is -2.23. The summed E-state index contributed by atoms with van der Waals surface area (Å²) >= 11 is 0. The fraction of sp³-hybridized carbons (Fsp3) is 0.154. The van der Waals surface area contributed by atoms with Gasteiger partial charge in [-0.1, -0.05) is 42.5 Å². The van der Waals surface area contributed by atoms with Crippen LogP contribution in [0.5, 0.6) is 0 Å². The van der Waals surface area contributed by atoms with E-state index in [2.05, 4.69) is 41.2 Å². The minimum Gasteiger partial charge on any atom is -0.346 e. The van der Waals surface area contributed by atoms with E-state index in [0.29, 0.717) is 29.1 Å². The molecule has 4 amide bonds. The Morgan fingerprint density at radius 2 is 1.09 bits per heavy atom. The Kier molecular flexibility index (Phi) is 10.8. The summed E-state index contributed by atoms with van der Waals surface area (Å²) in [6, 6.07) is 39.7. The fourth-order valence-corrected chi connectivity index (χ4v) is 8.21. The minimum absolute atomic E-state index is 0.00362. The number of rotatable bonds is 13. The number of nitrogens with one attached hydrogen (secondary N) is 4. The van der Waals surface area contributed by atoms with Crippen molar-refractivity contribution in [2.24, 2.45) is 11.8 Å². The number of pyridine rings is 4. The van der Waals surface area contributed by atoms with Crippen LogP contribution in [0.15, 0.2) is 158 Å². The molecule has 2 saturated carbocycles. The standard InChI is InChI=1S/C52H42N8O4/c61-49(57-29-42-3-1-2-19-54-42)33-8-4-32(5-9-33)45-25-47(45)52(64)60-41-16-13-37-27-56-48(23-39(37)22-41)38-14-17-43(55-28-38)30-58-50(62)34-10-6-31(7-11-34)44-24-46(44)51(63)59-40-15-12-36-26-53-20-18-35(36)21-40/h1-23,26-28,44-47H,24-25,29-30H2,(H,57,61)(H,58,62)(H,59,63)(H,60,64)/t44-,45?,46+,47+/m0/s1. The topological polar surface area (TPSA) is 168 Å². The molecule has 0 radical (unpaired) electrons. The van der Waals surface area contributed by atoms with Crippen molar-refractivity contribution < 1.29 is 19.2 Å². The molecule has 1 unspecified atom stereocenters. The first-order valence-electron chi connectivity index (χ1n) is 21.3. The molecular weight excluding hydrogens is 801 g/mol. The minimum atomic E-state index is -0.210. The number of nitrogens with zero attached hydrogens (tertiary/aromatic N) is 4. The number of fused-ring (bicyclic) bond motifs is 2. The summed E-state index contributed by atoms with van der Waals surface area (Å²) in [5.74, 6) is -0.459. The van der Waals surface area contributed by atoms with E-state index in [1.807, 2.05) is 103 Å². The number of amides is 4. The maximum absolute atomic E-state index is 13.3. The van der Waals surface area contributed by atoms with Gasteiger partial charge in [-0.25, -0.2) is 0 Å². The number of aromatic nitrogens is 4. The highest BCUT2D eigenvalue weighted by atomic mass is 16.2. The second-order valence-electron chi connectivity index (χ2n) is 16.4. The molecule has 4 aromatic heterocycles. The number of anilines is 2. The molecule has 8 aromatic rings. The average molecular weight is 843 g/mol. The van der Waals surface area contributed by atoms with E-state index in [9.17, 15) is 19.2 Å². The van der Waals surface area contributed by atoms with Crippen LogP contribution >= 0.6 is 0 Å². The highest BCUT2D eigenvalue weighted by Crippen LogP contribution is 2.49. The molecule has 2 aliphatic rings. The maximum atomic E-state index is 13.3. The van der Waals surface area contributed by atoms with Crippen LogP contribution in [0, 0.1) is 11.8 Å². The zero-order valence-electron chi connectivity index (χ0n) is 34.6. The lowest BCUT2D eigenvalue weighted by molar-refractivity contribution is -0.118. The number of carbonyl (C=O) groups is 4. The first kappa shape index (κ1) is 40.0.